The number of urea groups is 1. The molecule has 5 amide bonds. The van der Waals surface area contributed by atoms with Crippen molar-refractivity contribution in [2.45, 2.75) is 75.4 Å². The number of carbonyl (C=O) groups is 4. The van der Waals surface area contributed by atoms with Crippen LogP contribution in [-0.4, -0.2) is 127 Å². The number of carbonyl (C=O) groups excluding carboxylic acids is 4. The molecule has 4 unspecified atom stereocenters. The highest BCUT2D eigenvalue weighted by Crippen LogP contribution is 2.35. The number of rotatable bonds is 26. The van der Waals surface area contributed by atoms with Gasteiger partial charge in [-0.3, -0.25) is 14.4 Å². The molecule has 3 aliphatic rings. The fraction of sp³-hybridized carbons (Fsp3) is 0.479. The number of aromatic nitrogens is 2. The number of halogens is 1. The van der Waals surface area contributed by atoms with Gasteiger partial charge < -0.3 is 55.4 Å². The first-order valence-corrected chi connectivity index (χ1v) is 23.8. The average molecular weight is 929 g/mol. The number of ether oxygens (including phenoxy) is 4. The van der Waals surface area contributed by atoms with Gasteiger partial charge in [-0.2, -0.15) is 11.8 Å². The van der Waals surface area contributed by atoms with Crippen molar-refractivity contribution in [3.05, 3.63) is 101 Å². The fourth-order valence-electron chi connectivity index (χ4n) is 8.37. The van der Waals surface area contributed by atoms with Gasteiger partial charge in [0.1, 0.15) is 23.2 Å². The van der Waals surface area contributed by atoms with Crippen molar-refractivity contribution in [3.63, 3.8) is 0 Å². The number of primary amides is 1. The molecule has 3 aliphatic heterocycles. The molecule has 4 aromatic rings. The summed E-state index contributed by atoms with van der Waals surface area (Å²) in [6.45, 7) is 6.14. The molecule has 4 heterocycles. The van der Waals surface area contributed by atoms with Crippen molar-refractivity contribution in [3.8, 4) is 11.3 Å². The van der Waals surface area contributed by atoms with Crippen LogP contribution in [0.2, 0.25) is 0 Å². The van der Waals surface area contributed by atoms with Crippen molar-refractivity contribution in [1.29, 1.82) is 0 Å². The van der Waals surface area contributed by atoms with E-state index in [0.717, 1.165) is 47.6 Å². The van der Waals surface area contributed by atoms with E-state index in [4.69, 9.17) is 29.7 Å². The lowest BCUT2D eigenvalue weighted by atomic mass is 9.92. The number of anilines is 2. The van der Waals surface area contributed by atoms with Gasteiger partial charge in [-0.1, -0.05) is 48.4 Å². The van der Waals surface area contributed by atoms with Crippen molar-refractivity contribution >= 4 is 47.0 Å². The largest absolute Gasteiger partial charge is 0.378 e. The van der Waals surface area contributed by atoms with Crippen molar-refractivity contribution in [2.75, 3.05) is 77.0 Å². The zero-order chi connectivity index (χ0) is 46.3. The van der Waals surface area contributed by atoms with E-state index in [-0.39, 0.29) is 68.5 Å². The van der Waals surface area contributed by atoms with Crippen LogP contribution in [0.3, 0.4) is 0 Å². The lowest BCUT2D eigenvalue weighted by Crippen LogP contribution is -2.39. The number of nitrogens with zero attached hydrogens (tertiary/aromatic N) is 3. The molecule has 2 saturated heterocycles. The van der Waals surface area contributed by atoms with Crippen LogP contribution in [0.5, 0.6) is 0 Å². The zero-order valence-corrected chi connectivity index (χ0v) is 38.3. The number of hydrogen-bond acceptors (Lipinski definition) is 11. The Labute approximate surface area is 389 Å². The summed E-state index contributed by atoms with van der Waals surface area (Å²) in [5.41, 5.74) is 10.7. The molecule has 2 fully saturated rings. The third-order valence-electron chi connectivity index (χ3n) is 11.9. The van der Waals surface area contributed by atoms with Crippen LogP contribution in [-0.2, 0) is 52.8 Å². The molecule has 0 spiro atoms. The summed E-state index contributed by atoms with van der Waals surface area (Å²) in [5.74, 6) is 0.653. The molecule has 6 N–H and O–H groups in total. The molecule has 7 rings (SSSR count). The zero-order valence-electron chi connectivity index (χ0n) is 37.4. The number of unbranched alkanes of at least 4 members (excludes halogenated alkanes) is 1. The van der Waals surface area contributed by atoms with Gasteiger partial charge in [-0.05, 0) is 67.3 Å². The summed E-state index contributed by atoms with van der Waals surface area (Å²) in [6, 6.07) is 21.9. The van der Waals surface area contributed by atoms with Gasteiger partial charge in [0, 0.05) is 48.3 Å². The molecule has 354 valence electrons. The Kier molecular flexibility index (Phi) is 17.8. The molecular weight excluding hydrogens is 868 g/mol. The van der Waals surface area contributed by atoms with Gasteiger partial charge in [0.25, 0.3) is 0 Å². The van der Waals surface area contributed by atoms with Gasteiger partial charge in [0.05, 0.1) is 83.8 Å². The molecule has 0 aliphatic carbocycles. The first kappa shape index (κ1) is 48.4. The van der Waals surface area contributed by atoms with E-state index in [2.05, 4.69) is 25.8 Å². The van der Waals surface area contributed by atoms with Gasteiger partial charge in [-0.15, -0.1) is 0 Å². The quantitative estimate of drug-likeness (QED) is 0.0428. The summed E-state index contributed by atoms with van der Waals surface area (Å²) in [4.78, 5) is 57.0. The first-order chi connectivity index (χ1) is 32.1. The molecule has 4 atom stereocenters. The first-order valence-electron chi connectivity index (χ1n) is 22.7. The minimum Gasteiger partial charge on any atom is -0.378 e. The molecule has 3 aromatic carbocycles. The summed E-state index contributed by atoms with van der Waals surface area (Å²) < 4.78 is 38.5. The molecule has 18 heteroatoms. The number of fused-ring (bicyclic) bond motifs is 2. The predicted molar refractivity (Wildman–Crippen MR) is 250 cm³/mol. The van der Waals surface area contributed by atoms with Crippen LogP contribution in [0.4, 0.5) is 20.7 Å². The van der Waals surface area contributed by atoms with Gasteiger partial charge in [0.2, 0.25) is 17.7 Å². The van der Waals surface area contributed by atoms with Gasteiger partial charge in [-0.25, -0.2) is 14.2 Å². The Morgan fingerprint density at radius 1 is 0.894 bits per heavy atom. The maximum Gasteiger partial charge on any atom is 0.315 e. The fourth-order valence-corrected chi connectivity index (χ4v) is 9.92. The number of hydrogen-bond donors (Lipinski definition) is 5. The monoisotopic (exact) mass is 928 g/mol. The highest BCUT2D eigenvalue weighted by atomic mass is 32.2. The van der Waals surface area contributed by atoms with Crippen molar-refractivity contribution in [2.24, 2.45) is 5.73 Å². The molecule has 0 saturated carbocycles. The van der Waals surface area contributed by atoms with Gasteiger partial charge in [0.15, 0.2) is 0 Å². The van der Waals surface area contributed by atoms with Crippen molar-refractivity contribution in [1.82, 2.24) is 30.4 Å². The average Bonchev–Trinajstić information content (AvgIpc) is 3.99. The standard InChI is InChI=1S/C48H61FN8O8S/c1-32-10-16-36(17-11-32)52-47-44(33-12-14-35(49)15-13-33)54-41-29-56(19-20-57(41)47)43(59)28-34-6-2-3-7-37(34)38(46(50)60)30-65-27-26-64-25-24-63-23-22-62-21-18-51-42(58)9-5-4-8-40-45-39(31-66-40)53-48(61)55-45/h2-3,6-7,10-17,38-40,45,52H,4-5,8-9,18-31H2,1H3,(H2,50,60)(H,51,58)(H2,53,55,61). The Morgan fingerprint density at radius 2 is 1.61 bits per heavy atom. The number of aryl methyl sites for hydroxylation is 1. The SMILES string of the molecule is Cc1ccc(Nc2c(-c3ccc(F)cc3)nc3n2CCN(C(=O)Cc2ccccc2C(COCCOCCOCCOCCNC(=O)CCCCC2SCC4NC(=O)NC42)C(N)=O)C3)cc1. The maximum absolute atomic E-state index is 13.9. The Morgan fingerprint density at radius 3 is 2.35 bits per heavy atom. The van der Waals surface area contributed by atoms with E-state index < -0.39 is 11.8 Å². The van der Waals surface area contributed by atoms with Crippen LogP contribution >= 0.6 is 11.8 Å². The molecule has 66 heavy (non-hydrogen) atoms. The van der Waals surface area contributed by atoms with E-state index in [1.165, 1.54) is 12.1 Å². The molecule has 0 radical (unpaired) electrons. The molecule has 1 aromatic heterocycles. The third kappa shape index (κ3) is 13.5. The molecule has 16 nitrogen and oxygen atoms in total. The van der Waals surface area contributed by atoms with E-state index in [1.54, 1.807) is 23.1 Å². The highest BCUT2D eigenvalue weighted by molar-refractivity contribution is 8.00. The van der Waals surface area contributed by atoms with E-state index in [9.17, 15) is 23.6 Å². The Balaban J connectivity index is 0.766. The smallest absolute Gasteiger partial charge is 0.315 e. The van der Waals surface area contributed by atoms with Crippen LogP contribution in [0.25, 0.3) is 11.3 Å². The second-order valence-electron chi connectivity index (χ2n) is 16.7. The highest BCUT2D eigenvalue weighted by Gasteiger charge is 2.42. The van der Waals surface area contributed by atoms with Crippen LogP contribution in [0.15, 0.2) is 72.8 Å². The Hall–Kier alpha value is -5.53. The van der Waals surface area contributed by atoms with Crippen LogP contribution < -0.4 is 27.0 Å². The normalized spacial score (nSPS) is 18.0. The lowest BCUT2D eigenvalue weighted by Gasteiger charge is -2.29. The summed E-state index contributed by atoms with van der Waals surface area (Å²) in [6.07, 6.45) is 3.28. The second-order valence-corrected chi connectivity index (χ2v) is 17.9. The number of amides is 5. The topological polar surface area (TPSA) is 200 Å². The molecule has 0 bridgehead atoms. The lowest BCUT2D eigenvalue weighted by molar-refractivity contribution is -0.132. The number of thioether (sulfide) groups is 1. The summed E-state index contributed by atoms with van der Waals surface area (Å²) >= 11 is 1.89. The van der Waals surface area contributed by atoms with E-state index >= 15 is 0 Å². The minimum atomic E-state index is -0.768. The Bertz CT molecular complexity index is 2250. The van der Waals surface area contributed by atoms with Crippen LogP contribution in [0.1, 0.15) is 54.1 Å². The maximum atomic E-state index is 13.9. The second kappa shape index (κ2) is 24.3. The predicted octanol–water partition coefficient (Wildman–Crippen LogP) is 4.80. The van der Waals surface area contributed by atoms with E-state index in [1.807, 2.05) is 61.2 Å². The van der Waals surface area contributed by atoms with E-state index in [0.29, 0.717) is 87.0 Å². The summed E-state index contributed by atoms with van der Waals surface area (Å²) in [7, 11) is 0. The van der Waals surface area contributed by atoms with Crippen LogP contribution in [0, 0.1) is 12.7 Å². The minimum absolute atomic E-state index is 0.0108. The number of nitrogens with two attached hydrogens (primary N) is 1. The molecular formula is C48H61FN8O8S. The van der Waals surface area contributed by atoms with Gasteiger partial charge >= 0.3 is 6.03 Å². The number of imidazole rings is 1. The third-order valence-corrected chi connectivity index (χ3v) is 13.4. The number of nitrogens with one attached hydrogen (secondary N) is 4. The summed E-state index contributed by atoms with van der Waals surface area (Å²) in [5, 5.41) is 12.8. The number of benzene rings is 3. The van der Waals surface area contributed by atoms with Crippen molar-refractivity contribution < 1.29 is 42.5 Å².